The summed E-state index contributed by atoms with van der Waals surface area (Å²) in [5.41, 5.74) is -4.62. The zero-order chi connectivity index (χ0) is 12.9. The summed E-state index contributed by atoms with van der Waals surface area (Å²) in [6.07, 6.45) is -0.652. The Bertz CT molecular complexity index is 327. The predicted molar refractivity (Wildman–Crippen MR) is 58.4 cm³/mol. The van der Waals surface area contributed by atoms with Crippen LogP contribution in [-0.2, 0) is 4.74 Å². The number of amides is 1. The Balaban J connectivity index is 2.06. The number of rotatable bonds is 0. The van der Waals surface area contributed by atoms with E-state index < -0.39 is 23.0 Å². The molecule has 0 bridgehead atoms. The van der Waals surface area contributed by atoms with Gasteiger partial charge in [-0.1, -0.05) is 0 Å². The van der Waals surface area contributed by atoms with Gasteiger partial charge in [0.05, 0.1) is 13.1 Å². The third-order valence-electron chi connectivity index (χ3n) is 3.15. The van der Waals surface area contributed by atoms with Gasteiger partial charge in [0.25, 0.3) is 0 Å². The standard InChI is InChI=1S/C11H18F2N2O2/c1-9(2,3)17-8(16)15-6-10(12)4-14-5-11(10,13)7-15/h14H,4-7H2,1-3H3. The molecule has 0 aliphatic carbocycles. The third-order valence-corrected chi connectivity index (χ3v) is 3.15. The van der Waals surface area contributed by atoms with Crippen molar-refractivity contribution >= 4 is 6.09 Å². The number of likely N-dealkylation sites (tertiary alicyclic amines) is 1. The lowest BCUT2D eigenvalue weighted by atomic mass is 9.94. The number of nitrogens with zero attached hydrogens (tertiary/aromatic N) is 1. The maximum atomic E-state index is 14.2. The monoisotopic (exact) mass is 248 g/mol. The van der Waals surface area contributed by atoms with Crippen molar-refractivity contribution in [2.75, 3.05) is 26.2 Å². The first-order valence-corrected chi connectivity index (χ1v) is 5.72. The van der Waals surface area contributed by atoms with Gasteiger partial charge in [0.1, 0.15) is 5.60 Å². The first-order chi connectivity index (χ1) is 7.65. The summed E-state index contributed by atoms with van der Waals surface area (Å²) in [6.45, 7) is 4.57. The van der Waals surface area contributed by atoms with Crippen LogP contribution in [0.5, 0.6) is 0 Å². The van der Waals surface area contributed by atoms with Crippen molar-refractivity contribution in [2.24, 2.45) is 0 Å². The molecule has 1 N–H and O–H groups in total. The number of ether oxygens (including phenoxy) is 1. The third kappa shape index (κ3) is 2.10. The van der Waals surface area contributed by atoms with E-state index in [1.807, 2.05) is 0 Å². The molecule has 0 aromatic rings. The van der Waals surface area contributed by atoms with E-state index in [0.29, 0.717) is 0 Å². The highest BCUT2D eigenvalue weighted by Crippen LogP contribution is 2.41. The van der Waals surface area contributed by atoms with Crippen molar-refractivity contribution in [3.05, 3.63) is 0 Å². The molecule has 0 spiro atoms. The topological polar surface area (TPSA) is 41.6 Å². The molecule has 2 rings (SSSR count). The Kier molecular flexibility index (Phi) is 2.61. The first kappa shape index (κ1) is 12.5. The van der Waals surface area contributed by atoms with Crippen molar-refractivity contribution in [2.45, 2.75) is 37.7 Å². The highest BCUT2D eigenvalue weighted by Gasteiger charge is 2.64. The highest BCUT2D eigenvalue weighted by molar-refractivity contribution is 5.69. The second-order valence-corrected chi connectivity index (χ2v) is 5.87. The smallest absolute Gasteiger partial charge is 0.410 e. The molecule has 2 heterocycles. The zero-order valence-electron chi connectivity index (χ0n) is 10.3. The summed E-state index contributed by atoms with van der Waals surface area (Å²) in [6, 6.07) is 0. The van der Waals surface area contributed by atoms with Gasteiger partial charge in [0, 0.05) is 13.1 Å². The molecule has 0 aromatic carbocycles. The van der Waals surface area contributed by atoms with Crippen LogP contribution in [0.1, 0.15) is 20.8 Å². The number of halogens is 2. The van der Waals surface area contributed by atoms with E-state index in [1.54, 1.807) is 20.8 Å². The summed E-state index contributed by atoms with van der Waals surface area (Å²) in [5.74, 6) is 0. The number of hydrogen-bond acceptors (Lipinski definition) is 3. The number of carbonyl (C=O) groups is 1. The molecular weight excluding hydrogens is 230 g/mol. The predicted octanol–water partition coefficient (Wildman–Crippen LogP) is 1.26. The SMILES string of the molecule is CC(C)(C)OC(=O)N1CC2(F)CNCC2(F)C1. The van der Waals surface area contributed by atoms with Gasteiger partial charge in [0.15, 0.2) is 11.3 Å². The lowest BCUT2D eigenvalue weighted by Gasteiger charge is -2.25. The second kappa shape index (κ2) is 3.54. The normalized spacial score (nSPS) is 37.1. The molecule has 1 amide bonds. The van der Waals surface area contributed by atoms with Gasteiger partial charge in [0.2, 0.25) is 0 Å². The minimum atomic E-state index is -1.98. The quantitative estimate of drug-likeness (QED) is 0.701. The molecule has 2 unspecified atom stereocenters. The number of fused-ring (bicyclic) bond motifs is 1. The van der Waals surface area contributed by atoms with Gasteiger partial charge in [-0.3, -0.25) is 0 Å². The fourth-order valence-corrected chi connectivity index (χ4v) is 2.29. The number of nitrogens with one attached hydrogen (secondary N) is 1. The fourth-order valence-electron chi connectivity index (χ4n) is 2.29. The minimum absolute atomic E-state index is 0.0528. The number of carbonyl (C=O) groups excluding carboxylic acids is 1. The molecule has 2 aliphatic rings. The minimum Gasteiger partial charge on any atom is -0.444 e. The molecule has 2 aliphatic heterocycles. The summed E-state index contributed by atoms with van der Waals surface area (Å²) in [4.78, 5) is 12.8. The Morgan fingerprint density at radius 3 is 2.12 bits per heavy atom. The molecule has 2 atom stereocenters. The van der Waals surface area contributed by atoms with Crippen molar-refractivity contribution in [3.8, 4) is 0 Å². The molecule has 17 heavy (non-hydrogen) atoms. The Morgan fingerprint density at radius 2 is 1.71 bits per heavy atom. The molecule has 0 aromatic heterocycles. The highest BCUT2D eigenvalue weighted by atomic mass is 19.2. The van der Waals surface area contributed by atoms with E-state index in [4.69, 9.17) is 4.74 Å². The summed E-state index contributed by atoms with van der Waals surface area (Å²) in [7, 11) is 0. The van der Waals surface area contributed by atoms with Crippen LogP contribution in [0.2, 0.25) is 0 Å². The molecule has 0 radical (unpaired) electrons. The van der Waals surface area contributed by atoms with Crippen LogP contribution in [-0.4, -0.2) is 54.1 Å². The lowest BCUT2D eigenvalue weighted by molar-refractivity contribution is 0.0257. The molecule has 6 heteroatoms. The van der Waals surface area contributed by atoms with E-state index in [0.717, 1.165) is 4.90 Å². The average molecular weight is 248 g/mol. The van der Waals surface area contributed by atoms with Crippen molar-refractivity contribution < 1.29 is 18.3 Å². The van der Waals surface area contributed by atoms with Crippen LogP contribution < -0.4 is 5.32 Å². The van der Waals surface area contributed by atoms with Crippen LogP contribution in [0, 0.1) is 0 Å². The zero-order valence-corrected chi connectivity index (χ0v) is 10.3. The van der Waals surface area contributed by atoms with E-state index in [1.165, 1.54) is 0 Å². The molecule has 4 nitrogen and oxygen atoms in total. The molecular formula is C11H18F2N2O2. The number of alkyl halides is 2. The Labute approximate surface area is 99.3 Å². The van der Waals surface area contributed by atoms with Crippen molar-refractivity contribution in [1.82, 2.24) is 10.2 Å². The van der Waals surface area contributed by atoms with Gasteiger partial charge in [-0.05, 0) is 20.8 Å². The van der Waals surface area contributed by atoms with Gasteiger partial charge in [-0.15, -0.1) is 0 Å². The van der Waals surface area contributed by atoms with Gasteiger partial charge < -0.3 is 15.0 Å². The summed E-state index contributed by atoms with van der Waals surface area (Å²) in [5, 5.41) is 2.68. The Hall–Kier alpha value is -0.910. The first-order valence-electron chi connectivity index (χ1n) is 5.72. The summed E-state index contributed by atoms with van der Waals surface area (Å²) >= 11 is 0. The van der Waals surface area contributed by atoms with Gasteiger partial charge in [-0.25, -0.2) is 13.6 Å². The lowest BCUT2D eigenvalue weighted by Crippen LogP contribution is -2.44. The maximum absolute atomic E-state index is 14.2. The van der Waals surface area contributed by atoms with Crippen molar-refractivity contribution in [1.29, 1.82) is 0 Å². The van der Waals surface area contributed by atoms with Crippen LogP contribution in [0.25, 0.3) is 0 Å². The molecule has 98 valence electrons. The van der Waals surface area contributed by atoms with Crippen LogP contribution in [0.3, 0.4) is 0 Å². The van der Waals surface area contributed by atoms with E-state index >= 15 is 0 Å². The van der Waals surface area contributed by atoms with Crippen LogP contribution in [0.15, 0.2) is 0 Å². The van der Waals surface area contributed by atoms with Gasteiger partial charge in [-0.2, -0.15) is 0 Å². The van der Waals surface area contributed by atoms with E-state index in [-0.39, 0.29) is 26.2 Å². The molecule has 2 fully saturated rings. The van der Waals surface area contributed by atoms with Crippen LogP contribution >= 0.6 is 0 Å². The second-order valence-electron chi connectivity index (χ2n) is 5.87. The molecule has 0 saturated carbocycles. The van der Waals surface area contributed by atoms with E-state index in [2.05, 4.69) is 5.32 Å². The molecule has 2 saturated heterocycles. The van der Waals surface area contributed by atoms with E-state index in [9.17, 15) is 13.6 Å². The fraction of sp³-hybridized carbons (Fsp3) is 0.909. The number of hydrogen-bond donors (Lipinski definition) is 1. The Morgan fingerprint density at radius 1 is 1.24 bits per heavy atom. The van der Waals surface area contributed by atoms with Crippen LogP contribution in [0.4, 0.5) is 13.6 Å². The summed E-state index contributed by atoms with van der Waals surface area (Å²) < 4.78 is 33.6. The van der Waals surface area contributed by atoms with Crippen molar-refractivity contribution in [3.63, 3.8) is 0 Å². The average Bonchev–Trinajstić information content (AvgIpc) is 2.50. The largest absolute Gasteiger partial charge is 0.444 e. The maximum Gasteiger partial charge on any atom is 0.410 e. The van der Waals surface area contributed by atoms with Gasteiger partial charge >= 0.3 is 6.09 Å².